The van der Waals surface area contributed by atoms with Crippen molar-refractivity contribution in [3.63, 3.8) is 0 Å². The normalized spacial score (nSPS) is 24.1. The molecule has 0 aliphatic carbocycles. The monoisotopic (exact) mass is 288 g/mol. The second kappa shape index (κ2) is 4.76. The average Bonchev–Trinajstić information content (AvgIpc) is 3.02. The lowest BCUT2D eigenvalue weighted by atomic mass is 9.99. The number of nitrogens with one attached hydrogen (secondary N) is 3. The molecule has 0 radical (unpaired) electrons. The fraction of sp³-hybridized carbons (Fsp3) is 0.357. The van der Waals surface area contributed by atoms with Crippen LogP contribution in [-0.4, -0.2) is 48.4 Å². The third kappa shape index (κ3) is 2.10. The quantitative estimate of drug-likeness (QED) is 0.676. The number of rotatable bonds is 2. The van der Waals surface area contributed by atoms with Crippen LogP contribution in [0.4, 0.5) is 10.5 Å². The molecule has 7 nitrogen and oxygen atoms in total. The third-order valence-corrected chi connectivity index (χ3v) is 4.00. The number of benzene rings is 1. The molecular formula is C14H16N4O3. The topological polar surface area (TPSA) is 90.5 Å². The number of carbonyl (C=O) groups is 3. The Hall–Kier alpha value is -2.57. The molecule has 0 aromatic heterocycles. The maximum absolute atomic E-state index is 12.6. The first-order valence-electron chi connectivity index (χ1n) is 6.75. The molecule has 1 atom stereocenters. The van der Waals surface area contributed by atoms with Gasteiger partial charge in [0.2, 0.25) is 0 Å². The number of hydrogen-bond acceptors (Lipinski definition) is 4. The summed E-state index contributed by atoms with van der Waals surface area (Å²) in [6.07, 6.45) is 0.429. The van der Waals surface area contributed by atoms with E-state index in [-0.39, 0.29) is 18.4 Å². The van der Waals surface area contributed by atoms with Gasteiger partial charge in [0.15, 0.2) is 0 Å². The van der Waals surface area contributed by atoms with Crippen LogP contribution in [0.1, 0.15) is 16.8 Å². The first-order chi connectivity index (χ1) is 10.1. The molecule has 1 spiro atoms. The number of amides is 4. The summed E-state index contributed by atoms with van der Waals surface area (Å²) in [5.41, 5.74) is 0.326. The molecule has 3 rings (SSSR count). The summed E-state index contributed by atoms with van der Waals surface area (Å²) in [5.74, 6) is -0.504. The van der Waals surface area contributed by atoms with Crippen molar-refractivity contribution in [3.8, 4) is 0 Å². The Morgan fingerprint density at radius 3 is 2.76 bits per heavy atom. The molecule has 0 saturated carbocycles. The van der Waals surface area contributed by atoms with Gasteiger partial charge in [0, 0.05) is 19.3 Å². The maximum atomic E-state index is 12.6. The minimum Gasteiger partial charge on any atom is -0.387 e. The van der Waals surface area contributed by atoms with Crippen molar-refractivity contribution >= 4 is 23.5 Å². The van der Waals surface area contributed by atoms with Crippen molar-refractivity contribution in [3.05, 3.63) is 29.8 Å². The zero-order valence-electron chi connectivity index (χ0n) is 11.6. The van der Waals surface area contributed by atoms with Crippen molar-refractivity contribution in [2.45, 2.75) is 12.0 Å². The van der Waals surface area contributed by atoms with Crippen LogP contribution >= 0.6 is 0 Å². The maximum Gasteiger partial charge on any atom is 0.322 e. The number of hydrogen-bond donors (Lipinski definition) is 3. The molecule has 2 fully saturated rings. The standard InChI is InChI=1S/C14H16N4O3/c1-15-10-5-3-2-4-9(10)11(19)18-7-6-14(8-18)12(20)16-13(21)17-14/h2-5,15H,6-8H2,1H3,(H2,16,17,20,21). The zero-order chi connectivity index (χ0) is 15.0. The first kappa shape index (κ1) is 13.4. The average molecular weight is 288 g/mol. The molecule has 0 bridgehead atoms. The number of carbonyl (C=O) groups excluding carboxylic acids is 3. The predicted octanol–water partition coefficient (Wildman–Crippen LogP) is 0.152. The van der Waals surface area contributed by atoms with Crippen molar-refractivity contribution in [1.82, 2.24) is 15.5 Å². The van der Waals surface area contributed by atoms with Gasteiger partial charge < -0.3 is 15.5 Å². The van der Waals surface area contributed by atoms with E-state index < -0.39 is 11.6 Å². The van der Waals surface area contributed by atoms with Gasteiger partial charge in [0.25, 0.3) is 11.8 Å². The Morgan fingerprint density at radius 1 is 1.33 bits per heavy atom. The van der Waals surface area contributed by atoms with Crippen LogP contribution in [0.2, 0.25) is 0 Å². The highest BCUT2D eigenvalue weighted by Crippen LogP contribution is 2.27. The van der Waals surface area contributed by atoms with E-state index in [0.717, 1.165) is 5.69 Å². The fourth-order valence-electron chi connectivity index (χ4n) is 2.86. The molecule has 1 aromatic rings. The van der Waals surface area contributed by atoms with Gasteiger partial charge >= 0.3 is 6.03 Å². The van der Waals surface area contributed by atoms with Gasteiger partial charge in [-0.25, -0.2) is 4.79 Å². The minimum atomic E-state index is -0.971. The van der Waals surface area contributed by atoms with Crippen LogP contribution in [0.3, 0.4) is 0 Å². The second-order valence-corrected chi connectivity index (χ2v) is 5.26. The lowest BCUT2D eigenvalue weighted by Crippen LogP contribution is -2.49. The molecule has 2 saturated heterocycles. The summed E-state index contributed by atoms with van der Waals surface area (Å²) in [6.45, 7) is 0.631. The fourth-order valence-corrected chi connectivity index (χ4v) is 2.86. The van der Waals surface area contributed by atoms with E-state index >= 15 is 0 Å². The molecule has 4 amide bonds. The molecule has 2 heterocycles. The molecule has 21 heavy (non-hydrogen) atoms. The van der Waals surface area contributed by atoms with Crippen molar-refractivity contribution < 1.29 is 14.4 Å². The molecule has 1 unspecified atom stereocenters. The van der Waals surface area contributed by atoms with Gasteiger partial charge in [0.1, 0.15) is 5.54 Å². The van der Waals surface area contributed by atoms with E-state index in [0.29, 0.717) is 18.5 Å². The largest absolute Gasteiger partial charge is 0.387 e. The van der Waals surface area contributed by atoms with Gasteiger partial charge in [-0.3, -0.25) is 14.9 Å². The highest BCUT2D eigenvalue weighted by molar-refractivity contribution is 6.08. The van der Waals surface area contributed by atoms with E-state index in [2.05, 4.69) is 16.0 Å². The summed E-state index contributed by atoms with van der Waals surface area (Å²) in [5, 5.41) is 7.85. The Labute approximate surface area is 121 Å². The van der Waals surface area contributed by atoms with Crippen LogP contribution in [0.5, 0.6) is 0 Å². The summed E-state index contributed by atoms with van der Waals surface area (Å²) < 4.78 is 0. The Morgan fingerprint density at radius 2 is 2.10 bits per heavy atom. The number of imide groups is 1. The van der Waals surface area contributed by atoms with E-state index in [9.17, 15) is 14.4 Å². The Bertz CT molecular complexity index is 630. The van der Waals surface area contributed by atoms with Crippen molar-refractivity contribution in [2.24, 2.45) is 0 Å². The summed E-state index contributed by atoms with van der Waals surface area (Å²) in [6, 6.07) is 6.71. The summed E-state index contributed by atoms with van der Waals surface area (Å²) >= 11 is 0. The van der Waals surface area contributed by atoms with Crippen LogP contribution in [-0.2, 0) is 4.79 Å². The lowest BCUT2D eigenvalue weighted by molar-refractivity contribution is -0.123. The van der Waals surface area contributed by atoms with E-state index in [1.807, 2.05) is 12.1 Å². The highest BCUT2D eigenvalue weighted by Gasteiger charge is 2.51. The number of para-hydroxylation sites is 1. The van der Waals surface area contributed by atoms with E-state index in [1.54, 1.807) is 24.1 Å². The number of urea groups is 1. The van der Waals surface area contributed by atoms with Crippen LogP contribution < -0.4 is 16.0 Å². The number of nitrogens with zero attached hydrogens (tertiary/aromatic N) is 1. The third-order valence-electron chi connectivity index (χ3n) is 4.00. The molecule has 2 aliphatic heterocycles. The van der Waals surface area contributed by atoms with Gasteiger partial charge in [0.05, 0.1) is 12.1 Å². The summed E-state index contributed by atoms with van der Waals surface area (Å²) in [7, 11) is 1.75. The number of anilines is 1. The smallest absolute Gasteiger partial charge is 0.322 e. The summed E-state index contributed by atoms with van der Waals surface area (Å²) in [4.78, 5) is 37.4. The van der Waals surface area contributed by atoms with Crippen LogP contribution in [0.25, 0.3) is 0 Å². The molecular weight excluding hydrogens is 272 g/mol. The van der Waals surface area contributed by atoms with Crippen molar-refractivity contribution in [2.75, 3.05) is 25.5 Å². The minimum absolute atomic E-state index is 0.147. The van der Waals surface area contributed by atoms with Crippen molar-refractivity contribution in [1.29, 1.82) is 0 Å². The second-order valence-electron chi connectivity index (χ2n) is 5.26. The Kier molecular flexibility index (Phi) is 3.04. The first-order valence-corrected chi connectivity index (χ1v) is 6.75. The predicted molar refractivity (Wildman–Crippen MR) is 75.9 cm³/mol. The Balaban J connectivity index is 1.82. The van der Waals surface area contributed by atoms with E-state index in [4.69, 9.17) is 0 Å². The van der Waals surface area contributed by atoms with E-state index in [1.165, 1.54) is 0 Å². The molecule has 2 aliphatic rings. The lowest BCUT2D eigenvalue weighted by Gasteiger charge is -2.22. The van der Waals surface area contributed by atoms with Crippen LogP contribution in [0.15, 0.2) is 24.3 Å². The number of likely N-dealkylation sites (tertiary alicyclic amines) is 1. The van der Waals surface area contributed by atoms with Gasteiger partial charge in [-0.1, -0.05) is 12.1 Å². The zero-order valence-corrected chi connectivity index (χ0v) is 11.6. The molecule has 110 valence electrons. The molecule has 7 heteroatoms. The molecule has 3 N–H and O–H groups in total. The van der Waals surface area contributed by atoms with Gasteiger partial charge in [-0.05, 0) is 18.6 Å². The molecule has 1 aromatic carbocycles. The highest BCUT2D eigenvalue weighted by atomic mass is 16.2. The van der Waals surface area contributed by atoms with Gasteiger partial charge in [-0.15, -0.1) is 0 Å². The van der Waals surface area contributed by atoms with Gasteiger partial charge in [-0.2, -0.15) is 0 Å². The van der Waals surface area contributed by atoms with Crippen LogP contribution in [0, 0.1) is 0 Å². The SMILES string of the molecule is CNc1ccccc1C(=O)N1CCC2(C1)NC(=O)NC2=O.